The Morgan fingerprint density at radius 1 is 1.10 bits per heavy atom. The highest BCUT2D eigenvalue weighted by Crippen LogP contribution is 2.15. The molecule has 0 spiro atoms. The summed E-state index contributed by atoms with van der Waals surface area (Å²) in [6.07, 6.45) is 0. The van der Waals surface area contributed by atoms with Gasteiger partial charge >= 0.3 is 0 Å². The van der Waals surface area contributed by atoms with Crippen molar-refractivity contribution in [1.82, 2.24) is 4.72 Å². The summed E-state index contributed by atoms with van der Waals surface area (Å²) in [5, 5.41) is 8.62. The number of benzene rings is 2. The summed E-state index contributed by atoms with van der Waals surface area (Å²) in [5.74, 6) is -1.59. The molecule has 0 radical (unpaired) electrons. The molecule has 4 nitrogen and oxygen atoms in total. The van der Waals surface area contributed by atoms with Crippen molar-refractivity contribution in [1.29, 1.82) is 5.26 Å². The van der Waals surface area contributed by atoms with Crippen LogP contribution in [0.3, 0.4) is 0 Å². The number of sulfonamides is 1. The van der Waals surface area contributed by atoms with Crippen LogP contribution < -0.4 is 4.72 Å². The van der Waals surface area contributed by atoms with Gasteiger partial charge in [-0.25, -0.2) is 21.9 Å². The Kier molecular flexibility index (Phi) is 4.31. The second-order valence-electron chi connectivity index (χ2n) is 4.17. The molecule has 0 saturated carbocycles. The first-order valence-electron chi connectivity index (χ1n) is 5.87. The van der Waals surface area contributed by atoms with Crippen molar-refractivity contribution < 1.29 is 17.2 Å². The van der Waals surface area contributed by atoms with Crippen LogP contribution in [0.1, 0.15) is 11.1 Å². The molecule has 0 unspecified atom stereocenters. The molecule has 21 heavy (non-hydrogen) atoms. The maximum absolute atomic E-state index is 13.6. The van der Waals surface area contributed by atoms with E-state index in [1.807, 2.05) is 0 Å². The average Bonchev–Trinajstić information content (AvgIpc) is 2.46. The number of hydrogen-bond donors (Lipinski definition) is 1. The van der Waals surface area contributed by atoms with E-state index in [-0.39, 0.29) is 17.7 Å². The third kappa shape index (κ3) is 3.42. The third-order valence-electron chi connectivity index (χ3n) is 2.76. The molecule has 0 aliphatic rings. The normalized spacial score (nSPS) is 11.1. The van der Waals surface area contributed by atoms with E-state index in [9.17, 15) is 17.2 Å². The van der Waals surface area contributed by atoms with Gasteiger partial charge in [-0.3, -0.25) is 0 Å². The molecule has 1 N–H and O–H groups in total. The van der Waals surface area contributed by atoms with Crippen LogP contribution in [0, 0.1) is 23.0 Å². The molecule has 0 saturated heterocycles. The molecular formula is C14H10F2N2O2S. The summed E-state index contributed by atoms with van der Waals surface area (Å²) >= 11 is 0. The van der Waals surface area contributed by atoms with Crippen LogP contribution in [-0.2, 0) is 16.6 Å². The molecule has 0 atom stereocenters. The quantitative estimate of drug-likeness (QED) is 0.942. The SMILES string of the molecule is N#Cc1ccc(CNS(=O)(=O)c2ccccc2F)c(F)c1. The van der Waals surface area contributed by atoms with Crippen LogP contribution in [0.15, 0.2) is 47.4 Å². The van der Waals surface area contributed by atoms with Crippen molar-refractivity contribution in [2.45, 2.75) is 11.4 Å². The van der Waals surface area contributed by atoms with Gasteiger partial charge in [0.15, 0.2) is 0 Å². The third-order valence-corrected chi connectivity index (χ3v) is 4.20. The van der Waals surface area contributed by atoms with Gasteiger partial charge in [0.2, 0.25) is 10.0 Å². The molecule has 0 aliphatic carbocycles. The first kappa shape index (κ1) is 15.1. The van der Waals surface area contributed by atoms with Gasteiger partial charge in [0.1, 0.15) is 16.5 Å². The zero-order chi connectivity index (χ0) is 15.5. The van der Waals surface area contributed by atoms with Gasteiger partial charge in [0, 0.05) is 12.1 Å². The van der Waals surface area contributed by atoms with E-state index in [1.54, 1.807) is 6.07 Å². The predicted octanol–water partition coefficient (Wildman–Crippen LogP) is 2.31. The molecular weight excluding hydrogens is 298 g/mol. The molecule has 0 amide bonds. The second kappa shape index (κ2) is 5.99. The zero-order valence-corrected chi connectivity index (χ0v) is 11.5. The van der Waals surface area contributed by atoms with Gasteiger partial charge in [-0.05, 0) is 24.3 Å². The van der Waals surface area contributed by atoms with E-state index in [2.05, 4.69) is 4.72 Å². The maximum atomic E-state index is 13.6. The van der Waals surface area contributed by atoms with E-state index in [0.29, 0.717) is 0 Å². The molecule has 2 aromatic carbocycles. The minimum Gasteiger partial charge on any atom is -0.207 e. The lowest BCUT2D eigenvalue weighted by atomic mass is 10.1. The van der Waals surface area contributed by atoms with Gasteiger partial charge in [-0.15, -0.1) is 0 Å². The van der Waals surface area contributed by atoms with Crippen molar-refractivity contribution >= 4 is 10.0 Å². The Bertz CT molecular complexity index is 814. The minimum absolute atomic E-state index is 0.0638. The van der Waals surface area contributed by atoms with Gasteiger partial charge in [0.25, 0.3) is 0 Å². The van der Waals surface area contributed by atoms with Crippen molar-refractivity contribution in [3.8, 4) is 6.07 Å². The van der Waals surface area contributed by atoms with Gasteiger partial charge in [-0.2, -0.15) is 5.26 Å². The highest BCUT2D eigenvalue weighted by atomic mass is 32.2. The largest absolute Gasteiger partial charge is 0.243 e. The molecule has 2 aromatic rings. The van der Waals surface area contributed by atoms with Crippen LogP contribution in [0.2, 0.25) is 0 Å². The molecule has 7 heteroatoms. The van der Waals surface area contributed by atoms with E-state index in [0.717, 1.165) is 18.2 Å². The highest BCUT2D eigenvalue weighted by Gasteiger charge is 2.18. The van der Waals surface area contributed by atoms with E-state index in [1.165, 1.54) is 24.3 Å². The summed E-state index contributed by atoms with van der Waals surface area (Å²) in [4.78, 5) is -0.501. The topological polar surface area (TPSA) is 70.0 Å². The fourth-order valence-corrected chi connectivity index (χ4v) is 2.76. The van der Waals surface area contributed by atoms with E-state index < -0.39 is 26.6 Å². The summed E-state index contributed by atoms with van der Waals surface area (Å²) in [6, 6.07) is 10.4. The van der Waals surface area contributed by atoms with Gasteiger partial charge < -0.3 is 0 Å². The number of hydrogen-bond acceptors (Lipinski definition) is 3. The fraction of sp³-hybridized carbons (Fsp3) is 0.0714. The number of nitriles is 1. The van der Waals surface area contributed by atoms with Gasteiger partial charge in [-0.1, -0.05) is 18.2 Å². The number of halogens is 2. The summed E-state index contributed by atoms with van der Waals surface area (Å²) < 4.78 is 53.1. The molecule has 0 aromatic heterocycles. The smallest absolute Gasteiger partial charge is 0.207 e. The Morgan fingerprint density at radius 2 is 1.81 bits per heavy atom. The second-order valence-corrected chi connectivity index (χ2v) is 5.91. The Hall–Kier alpha value is -2.30. The zero-order valence-electron chi connectivity index (χ0n) is 10.7. The summed E-state index contributed by atoms with van der Waals surface area (Å²) in [6.45, 7) is -0.339. The number of nitrogens with zero attached hydrogens (tertiary/aromatic N) is 1. The molecule has 108 valence electrons. The summed E-state index contributed by atoms with van der Waals surface area (Å²) in [7, 11) is -4.08. The molecule has 0 fully saturated rings. The van der Waals surface area contributed by atoms with Crippen LogP contribution >= 0.6 is 0 Å². The lowest BCUT2D eigenvalue weighted by Crippen LogP contribution is -2.24. The maximum Gasteiger partial charge on any atom is 0.243 e. The predicted molar refractivity (Wildman–Crippen MR) is 71.5 cm³/mol. The van der Waals surface area contributed by atoms with Crippen molar-refractivity contribution in [2.75, 3.05) is 0 Å². The van der Waals surface area contributed by atoms with E-state index in [4.69, 9.17) is 5.26 Å². The summed E-state index contributed by atoms with van der Waals surface area (Å²) in [5.41, 5.74) is 0.196. The van der Waals surface area contributed by atoms with Crippen molar-refractivity contribution in [2.24, 2.45) is 0 Å². The standard InChI is InChI=1S/C14H10F2N2O2S/c15-12-3-1-2-4-14(12)21(19,20)18-9-11-6-5-10(8-17)7-13(11)16/h1-7,18H,9H2. The molecule has 0 aliphatic heterocycles. The molecule has 2 rings (SSSR count). The van der Waals surface area contributed by atoms with Crippen molar-refractivity contribution in [3.63, 3.8) is 0 Å². The van der Waals surface area contributed by atoms with E-state index >= 15 is 0 Å². The highest BCUT2D eigenvalue weighted by molar-refractivity contribution is 7.89. The van der Waals surface area contributed by atoms with Gasteiger partial charge in [0.05, 0.1) is 11.6 Å². The average molecular weight is 308 g/mol. The number of nitrogens with one attached hydrogen (secondary N) is 1. The van der Waals surface area contributed by atoms with Crippen LogP contribution in [0.5, 0.6) is 0 Å². The monoisotopic (exact) mass is 308 g/mol. The lowest BCUT2D eigenvalue weighted by molar-refractivity contribution is 0.554. The minimum atomic E-state index is -4.08. The number of rotatable bonds is 4. The first-order chi connectivity index (χ1) is 9.94. The Morgan fingerprint density at radius 3 is 2.43 bits per heavy atom. The first-order valence-corrected chi connectivity index (χ1v) is 7.35. The Labute approximate surface area is 120 Å². The lowest BCUT2D eigenvalue weighted by Gasteiger charge is -2.08. The van der Waals surface area contributed by atoms with Crippen LogP contribution in [0.4, 0.5) is 8.78 Å². The van der Waals surface area contributed by atoms with Crippen LogP contribution in [-0.4, -0.2) is 8.42 Å². The molecule has 0 heterocycles. The Balaban J connectivity index is 2.20. The molecule has 0 bridgehead atoms. The van der Waals surface area contributed by atoms with Crippen LogP contribution in [0.25, 0.3) is 0 Å². The fourth-order valence-electron chi connectivity index (χ4n) is 1.67. The van der Waals surface area contributed by atoms with Crippen molar-refractivity contribution in [3.05, 3.63) is 65.2 Å².